The number of hydrogen-bond donors (Lipinski definition) is 7. The number of thiazole rings is 2. The van der Waals surface area contributed by atoms with E-state index in [1.165, 1.54) is 91.2 Å². The third kappa shape index (κ3) is 31.6. The van der Waals surface area contributed by atoms with Gasteiger partial charge in [0.1, 0.15) is 81.2 Å². The number of aliphatic hydroxyl groups is 3. The highest BCUT2D eigenvalue weighted by Crippen LogP contribution is 2.46. The molecule has 694 valence electrons. The molecule has 17 atom stereocenters. The number of aromatic amines is 2. The molecule has 4 aromatic heterocycles. The number of aromatic nitrogens is 6. The summed E-state index contributed by atoms with van der Waals surface area (Å²) in [5.41, 5.74) is 3.39. The van der Waals surface area contributed by atoms with Gasteiger partial charge in [0.05, 0.1) is 68.1 Å². The van der Waals surface area contributed by atoms with Crippen LogP contribution in [0.25, 0.3) is 20.7 Å². The minimum absolute atomic E-state index is 0.00521. The highest BCUT2D eigenvalue weighted by atomic mass is 32.1. The van der Waals surface area contributed by atoms with Crippen LogP contribution in [0.5, 0.6) is 0 Å². The number of fused-ring (bicyclic) bond motifs is 2. The fourth-order valence-electron chi connectivity index (χ4n) is 14.0. The summed E-state index contributed by atoms with van der Waals surface area (Å²) in [5.74, 6) is -5.26. The van der Waals surface area contributed by atoms with Crippen molar-refractivity contribution in [3.8, 4) is 0 Å². The average molecular weight is 1790 g/mol. The number of anilines is 2. The minimum atomic E-state index is -1.64. The lowest BCUT2D eigenvalue weighted by atomic mass is 9.88. The van der Waals surface area contributed by atoms with E-state index in [0.717, 1.165) is 60.8 Å². The van der Waals surface area contributed by atoms with Crippen LogP contribution >= 0.6 is 22.7 Å². The van der Waals surface area contributed by atoms with E-state index < -0.39 is 110 Å². The molecule has 40 heteroatoms. The standard InChI is InChI=1S/C14H19FN4O3S.C13H17FN4O4S.C11H19FO3.C10H16O4.C9H15FO2.C9H16O3.C6H10O2.C6H8O2.C5H6O3/c1-4-6-5-7(14(2,3)15)11(22-6)19-9-8(23-13(19)21)10(20)18-12(16)17-9;1-13(2,14)6-3-5(4-19)22-10(6)18-8-7(23-12(18)21)9(20)17-11(15)16-8;1-5-8-6-9(11(3,4)12)10(15-8)14-7(2)13;1-4-12-9(11)6-5-8-7-13-10(2,3)14-8;1-4-6-5-7(8(11)12-6)9(2,3)10;1-4-6-5-7(8(10)12-6)9(2,3)11;2*1-2-5-3-4-6(7)8-5;6-3-4-1-2-5(7)8-4/h6-7,11H,4-5H2,1-3H3,(H3,16,17,18,20);5-6,10,19H,3-4H2,1-2H3,(H3,15,16,17,20);8-10H,5-6H2,1-4H3;5-6,8H,4,7H2,1-3H3;6-7H,4-5H2,1-3H3;6-7,11H,4-5H2,1-3H3;5H,2-4H2,1H3;3-5H,2H2,1H3;1-2,4,6H,3H2/b;;;6-5-;;;;;/t6-,7-,11-;5-,6+,10+;8-,9-,10?;8-;2*6-,7-;2*5-;4-/m101011110/s1. The number of esters is 7. The van der Waals surface area contributed by atoms with Crippen molar-refractivity contribution in [2.75, 3.05) is 37.9 Å². The van der Waals surface area contributed by atoms with Crippen LogP contribution in [-0.4, -0.2) is 208 Å². The maximum absolute atomic E-state index is 14.6. The summed E-state index contributed by atoms with van der Waals surface area (Å²) >= 11 is 1.47. The van der Waals surface area contributed by atoms with Gasteiger partial charge in [0.2, 0.25) is 18.2 Å². The summed E-state index contributed by atoms with van der Waals surface area (Å²) in [6.45, 7) is 33.9. The number of alkyl halides is 4. The van der Waals surface area contributed by atoms with E-state index in [4.69, 9.17) is 68.7 Å². The number of nitrogen functional groups attached to an aromatic ring is 2. The third-order valence-electron chi connectivity index (χ3n) is 21.0. The lowest BCUT2D eigenvalue weighted by Gasteiger charge is -2.27. The summed E-state index contributed by atoms with van der Waals surface area (Å²) in [5, 5.41) is 27.3. The fraction of sp³-hybridized carbons (Fsp3) is 0.723. The SMILES string of the molecule is CC(C)(F)[C@@H]1C[C@@H](CO)O[C@H]1n1c(=O)sc2c(=O)[nH]c(N)nc21.CCOC(=O)/C=C\[C@H]1COC(C)(C)O1.CC[C@@H]1C=CC(=O)O1.CC[C@@H]1CCC(=O)O1.CC[C@@H]1C[C@@H](C(C)(C)F)C(=O)O1.CC[C@@H]1C[C@@H](C(C)(C)F)C(OC(C)=O)O1.CC[C@@H]1C[C@@H](C(C)(C)F)[C@H](n2c(=O)sc3c(=O)[nH]c(N)nc32)O1.CC[C@@H]1C[C@@H](C(C)(C)O)C(=O)O1.O=C1C=C[C@@H](CO)O1. The van der Waals surface area contributed by atoms with E-state index in [0.29, 0.717) is 56.7 Å². The van der Waals surface area contributed by atoms with Gasteiger partial charge in [0.25, 0.3) is 11.1 Å². The number of cyclic esters (lactones) is 5. The summed E-state index contributed by atoms with van der Waals surface area (Å²) in [6.07, 6.45) is 14.6. The zero-order valence-corrected chi connectivity index (χ0v) is 75.4. The minimum Gasteiger partial charge on any atom is -0.463 e. The molecule has 0 aliphatic carbocycles. The molecule has 0 bridgehead atoms. The Labute approximate surface area is 719 Å². The van der Waals surface area contributed by atoms with E-state index in [1.807, 2.05) is 55.4 Å². The van der Waals surface area contributed by atoms with Crippen molar-refractivity contribution in [2.45, 2.75) is 330 Å². The molecule has 0 aromatic carbocycles. The van der Waals surface area contributed by atoms with E-state index in [-0.39, 0.29) is 143 Å². The van der Waals surface area contributed by atoms with Crippen LogP contribution in [0.1, 0.15) is 234 Å². The van der Waals surface area contributed by atoms with Gasteiger partial charge in [0, 0.05) is 56.3 Å². The quantitative estimate of drug-likeness (QED) is 0.0198. The first-order valence-electron chi connectivity index (χ1n) is 41.4. The zero-order valence-electron chi connectivity index (χ0n) is 73.8. The van der Waals surface area contributed by atoms with Gasteiger partial charge < -0.3 is 83.6 Å². The third-order valence-corrected chi connectivity index (χ3v) is 22.9. The molecule has 123 heavy (non-hydrogen) atoms. The van der Waals surface area contributed by atoms with Crippen molar-refractivity contribution in [1.29, 1.82) is 0 Å². The predicted molar refractivity (Wildman–Crippen MR) is 447 cm³/mol. The number of ether oxygens (including phenoxy) is 12. The first kappa shape index (κ1) is 105. The highest BCUT2D eigenvalue weighted by molar-refractivity contribution is 7.16. The number of nitrogens with two attached hydrogens (primary N) is 2. The van der Waals surface area contributed by atoms with Crippen molar-refractivity contribution >= 4 is 97.0 Å². The monoisotopic (exact) mass is 1790 g/mol. The molecule has 1 unspecified atom stereocenters. The summed E-state index contributed by atoms with van der Waals surface area (Å²) in [7, 11) is 0. The van der Waals surface area contributed by atoms with Gasteiger partial charge in [-0.1, -0.05) is 64.2 Å². The topological polar surface area (TPSA) is 478 Å². The molecule has 9 N–H and O–H groups in total. The van der Waals surface area contributed by atoms with Crippen LogP contribution in [0, 0.1) is 29.6 Å². The van der Waals surface area contributed by atoms with E-state index in [9.17, 15) is 80.5 Å². The second-order valence-corrected chi connectivity index (χ2v) is 35.4. The Balaban J connectivity index is 0.000000252. The average Bonchev–Trinajstić information content (AvgIpc) is 1.60. The number of aliphatic hydroxyl groups excluding tert-OH is 2. The van der Waals surface area contributed by atoms with Crippen molar-refractivity contribution in [1.82, 2.24) is 29.1 Å². The molecular weight excluding hydrogens is 1670 g/mol. The molecular formula is C83H126F4N8O26S2. The predicted octanol–water partition coefficient (Wildman–Crippen LogP) is 10.5. The number of rotatable bonds is 19. The second-order valence-electron chi connectivity index (χ2n) is 33.5. The number of nitrogens with zero attached hydrogens (tertiary/aromatic N) is 4. The lowest BCUT2D eigenvalue weighted by molar-refractivity contribution is -0.185. The van der Waals surface area contributed by atoms with Crippen molar-refractivity contribution in [2.24, 2.45) is 29.6 Å². The Kier molecular flexibility index (Phi) is 39.5. The highest BCUT2D eigenvalue weighted by Gasteiger charge is 2.50. The Morgan fingerprint density at radius 2 is 1.02 bits per heavy atom. The zero-order chi connectivity index (χ0) is 92.8. The number of halogens is 4. The first-order chi connectivity index (χ1) is 57.2. The molecule has 0 spiro atoms. The van der Waals surface area contributed by atoms with E-state index >= 15 is 0 Å². The van der Waals surface area contributed by atoms with Gasteiger partial charge in [0.15, 0.2) is 17.1 Å². The molecule has 9 aliphatic rings. The summed E-state index contributed by atoms with van der Waals surface area (Å²) in [4.78, 5) is 135. The largest absolute Gasteiger partial charge is 0.463 e. The number of carbonyl (C=O) groups is 7. The Bertz CT molecular complexity index is 4290. The van der Waals surface area contributed by atoms with Crippen LogP contribution in [-0.2, 0) is 90.4 Å². The van der Waals surface area contributed by atoms with Crippen molar-refractivity contribution < 1.29 is 123 Å². The summed E-state index contributed by atoms with van der Waals surface area (Å²) < 4.78 is 121. The lowest BCUT2D eigenvalue weighted by Crippen LogP contribution is -2.35. The van der Waals surface area contributed by atoms with Crippen LogP contribution < -0.4 is 32.3 Å². The van der Waals surface area contributed by atoms with Gasteiger partial charge in [-0.25, -0.2) is 31.9 Å². The molecule has 4 aromatic rings. The number of carbonyl (C=O) groups excluding carboxylic acids is 7. The maximum Gasteiger partial charge on any atom is 0.331 e. The van der Waals surface area contributed by atoms with Crippen LogP contribution in [0.15, 0.2) is 55.6 Å². The van der Waals surface area contributed by atoms with Gasteiger partial charge in [-0.3, -0.25) is 57.5 Å². The Morgan fingerprint density at radius 3 is 1.34 bits per heavy atom. The van der Waals surface area contributed by atoms with Crippen LogP contribution in [0.4, 0.5) is 29.5 Å². The fourth-order valence-corrected chi connectivity index (χ4v) is 15.6. The molecule has 7 fully saturated rings. The van der Waals surface area contributed by atoms with Crippen LogP contribution in [0.3, 0.4) is 0 Å². The van der Waals surface area contributed by atoms with E-state index in [1.54, 1.807) is 32.9 Å². The second kappa shape index (κ2) is 46.2. The normalized spacial score (nSPS) is 27.4. The smallest absolute Gasteiger partial charge is 0.331 e. The number of hydrogen-bond acceptors (Lipinski definition) is 32. The van der Waals surface area contributed by atoms with Crippen molar-refractivity contribution in [3.63, 3.8) is 0 Å². The van der Waals surface area contributed by atoms with Crippen molar-refractivity contribution in [3.05, 3.63) is 76.5 Å². The molecule has 34 nitrogen and oxygen atoms in total. The molecule has 9 aliphatic heterocycles. The van der Waals surface area contributed by atoms with E-state index in [2.05, 4.69) is 24.7 Å². The van der Waals surface area contributed by atoms with Gasteiger partial charge in [-0.15, -0.1) is 0 Å². The van der Waals surface area contributed by atoms with Gasteiger partial charge in [-0.2, -0.15) is 9.97 Å². The molecule has 0 amide bonds. The Morgan fingerprint density at radius 1 is 0.577 bits per heavy atom. The number of H-pyrrole nitrogens is 2. The maximum atomic E-state index is 14.6. The molecule has 13 rings (SSSR count). The van der Waals surface area contributed by atoms with Gasteiger partial charge in [-0.05, 0) is 172 Å². The van der Waals surface area contributed by atoms with Crippen LogP contribution in [0.2, 0.25) is 0 Å². The first-order valence-corrected chi connectivity index (χ1v) is 43.0. The van der Waals surface area contributed by atoms with Gasteiger partial charge >= 0.3 is 51.5 Å². The molecule has 13 heterocycles. The molecule has 0 saturated carbocycles. The molecule has 0 radical (unpaired) electrons. The summed E-state index contributed by atoms with van der Waals surface area (Å²) in [6, 6.07) is 0. The molecule has 7 saturated heterocycles. The number of nitrogens with one attached hydrogen (secondary N) is 2. The Hall–Kier alpha value is -8.35.